The van der Waals surface area contributed by atoms with Crippen LogP contribution in [0.4, 0.5) is 0 Å². The summed E-state index contributed by atoms with van der Waals surface area (Å²) >= 11 is 0. The number of aliphatic hydroxyl groups is 1. The molecule has 0 bridgehead atoms. The SMILES string of the molecule is CCNC(=O)C[C@H]1CC[C@@H](NS(=O)(=O)c2ccc(C)cc2)[C@@H](CO)O1. The molecule has 0 saturated carbocycles. The van der Waals surface area contributed by atoms with Crippen LogP contribution in [0.1, 0.15) is 31.7 Å². The summed E-state index contributed by atoms with van der Waals surface area (Å²) in [5, 5.41) is 12.3. The van der Waals surface area contributed by atoms with Crippen LogP contribution >= 0.6 is 0 Å². The maximum Gasteiger partial charge on any atom is 0.240 e. The average Bonchev–Trinajstić information content (AvgIpc) is 2.56. The van der Waals surface area contributed by atoms with E-state index < -0.39 is 22.2 Å². The Hall–Kier alpha value is -1.48. The molecule has 1 fully saturated rings. The molecule has 0 aliphatic carbocycles. The Kier molecular flexibility index (Phi) is 6.95. The van der Waals surface area contributed by atoms with Gasteiger partial charge in [0.25, 0.3) is 0 Å². The summed E-state index contributed by atoms with van der Waals surface area (Å²) in [6, 6.07) is 6.04. The molecule has 1 heterocycles. The maximum atomic E-state index is 12.5. The molecule has 0 aromatic heterocycles. The Morgan fingerprint density at radius 3 is 2.56 bits per heavy atom. The zero-order chi connectivity index (χ0) is 18.4. The number of rotatable bonds is 7. The molecule has 1 aromatic carbocycles. The van der Waals surface area contributed by atoms with Crippen LogP contribution in [0.3, 0.4) is 0 Å². The second-order valence-corrected chi connectivity index (χ2v) is 7.97. The zero-order valence-electron chi connectivity index (χ0n) is 14.6. The van der Waals surface area contributed by atoms with Gasteiger partial charge in [0.1, 0.15) is 0 Å². The van der Waals surface area contributed by atoms with Gasteiger partial charge >= 0.3 is 0 Å². The minimum absolute atomic E-state index is 0.108. The molecule has 25 heavy (non-hydrogen) atoms. The van der Waals surface area contributed by atoms with Gasteiger partial charge in [0.05, 0.1) is 36.2 Å². The second kappa shape index (κ2) is 8.75. The van der Waals surface area contributed by atoms with Crippen molar-refractivity contribution >= 4 is 15.9 Å². The minimum Gasteiger partial charge on any atom is -0.394 e. The van der Waals surface area contributed by atoms with Gasteiger partial charge < -0.3 is 15.2 Å². The van der Waals surface area contributed by atoms with E-state index in [0.29, 0.717) is 19.4 Å². The molecule has 7 nitrogen and oxygen atoms in total. The molecule has 3 atom stereocenters. The van der Waals surface area contributed by atoms with E-state index >= 15 is 0 Å². The number of hydrogen-bond donors (Lipinski definition) is 3. The first kappa shape index (κ1) is 19.8. The van der Waals surface area contributed by atoms with Crippen molar-refractivity contribution in [2.45, 2.75) is 56.3 Å². The monoisotopic (exact) mass is 370 g/mol. The highest BCUT2D eigenvalue weighted by molar-refractivity contribution is 7.89. The van der Waals surface area contributed by atoms with Gasteiger partial charge in [0.2, 0.25) is 15.9 Å². The number of amides is 1. The molecule has 1 amide bonds. The minimum atomic E-state index is -3.69. The van der Waals surface area contributed by atoms with Crippen molar-refractivity contribution in [1.82, 2.24) is 10.0 Å². The van der Waals surface area contributed by atoms with Gasteiger partial charge in [-0.15, -0.1) is 0 Å². The lowest BCUT2D eigenvalue weighted by atomic mass is 9.98. The van der Waals surface area contributed by atoms with E-state index in [1.54, 1.807) is 24.3 Å². The highest BCUT2D eigenvalue weighted by atomic mass is 32.2. The smallest absolute Gasteiger partial charge is 0.240 e. The molecule has 1 aliphatic rings. The Bertz CT molecular complexity index is 675. The number of ether oxygens (including phenoxy) is 1. The van der Waals surface area contributed by atoms with Crippen molar-refractivity contribution in [2.24, 2.45) is 0 Å². The topological polar surface area (TPSA) is 105 Å². The Labute approximate surface area is 148 Å². The Morgan fingerprint density at radius 1 is 1.28 bits per heavy atom. The molecule has 0 radical (unpaired) electrons. The molecule has 2 rings (SSSR count). The summed E-state index contributed by atoms with van der Waals surface area (Å²) in [6.07, 6.45) is 0.272. The first-order valence-electron chi connectivity index (χ1n) is 8.47. The molecule has 0 unspecified atom stereocenters. The van der Waals surface area contributed by atoms with Crippen LogP contribution in [-0.2, 0) is 19.6 Å². The van der Waals surface area contributed by atoms with Crippen molar-refractivity contribution in [3.8, 4) is 0 Å². The first-order chi connectivity index (χ1) is 11.9. The van der Waals surface area contributed by atoms with Gasteiger partial charge in [-0.05, 0) is 38.8 Å². The standard InChI is InChI=1S/C17H26N2O5S/c1-3-18-17(21)10-13-6-9-15(16(11-20)24-13)19-25(22,23)14-7-4-12(2)5-8-14/h4-5,7-8,13,15-16,19-20H,3,6,9-11H2,1-2H3,(H,18,21)/t13-,15-,16-/m1/s1. The average molecular weight is 370 g/mol. The number of aliphatic hydroxyl groups excluding tert-OH is 1. The summed E-state index contributed by atoms with van der Waals surface area (Å²) < 4.78 is 33.4. The fraction of sp³-hybridized carbons (Fsp3) is 0.588. The third-order valence-corrected chi connectivity index (χ3v) is 5.73. The van der Waals surface area contributed by atoms with E-state index in [2.05, 4.69) is 10.0 Å². The molecule has 8 heteroatoms. The van der Waals surface area contributed by atoms with Crippen LogP contribution in [0.5, 0.6) is 0 Å². The summed E-state index contributed by atoms with van der Waals surface area (Å²) in [5.41, 5.74) is 0.974. The Morgan fingerprint density at radius 2 is 1.96 bits per heavy atom. The molecule has 140 valence electrons. The van der Waals surface area contributed by atoms with Crippen LogP contribution in [0, 0.1) is 6.92 Å². The van der Waals surface area contributed by atoms with Crippen molar-refractivity contribution in [1.29, 1.82) is 0 Å². The molecular formula is C17H26N2O5S. The fourth-order valence-corrected chi connectivity index (χ4v) is 4.18. The van der Waals surface area contributed by atoms with Gasteiger partial charge in [-0.25, -0.2) is 13.1 Å². The predicted octanol–water partition coefficient (Wildman–Crippen LogP) is 0.708. The van der Waals surface area contributed by atoms with Crippen molar-refractivity contribution < 1.29 is 23.1 Å². The van der Waals surface area contributed by atoms with E-state index in [0.717, 1.165) is 5.56 Å². The maximum absolute atomic E-state index is 12.5. The summed E-state index contributed by atoms with van der Waals surface area (Å²) in [7, 11) is -3.69. The third-order valence-electron chi connectivity index (χ3n) is 4.22. The fourth-order valence-electron chi connectivity index (χ4n) is 2.88. The van der Waals surface area contributed by atoms with Crippen LogP contribution in [0.15, 0.2) is 29.2 Å². The van der Waals surface area contributed by atoms with Gasteiger partial charge in [-0.1, -0.05) is 17.7 Å². The number of nitrogens with one attached hydrogen (secondary N) is 2. The van der Waals surface area contributed by atoms with Gasteiger partial charge in [-0.2, -0.15) is 0 Å². The van der Waals surface area contributed by atoms with E-state index in [1.807, 2.05) is 13.8 Å². The number of aryl methyl sites for hydroxylation is 1. The zero-order valence-corrected chi connectivity index (χ0v) is 15.4. The molecule has 1 saturated heterocycles. The number of sulfonamides is 1. The summed E-state index contributed by atoms with van der Waals surface area (Å²) in [4.78, 5) is 11.8. The van der Waals surface area contributed by atoms with E-state index in [1.165, 1.54) is 0 Å². The molecule has 3 N–H and O–H groups in total. The van der Waals surface area contributed by atoms with Crippen molar-refractivity contribution in [3.05, 3.63) is 29.8 Å². The molecule has 1 aromatic rings. The lowest BCUT2D eigenvalue weighted by molar-refractivity contribution is -0.130. The van der Waals surface area contributed by atoms with Crippen LogP contribution in [0.25, 0.3) is 0 Å². The van der Waals surface area contributed by atoms with Crippen LogP contribution in [0.2, 0.25) is 0 Å². The predicted molar refractivity (Wildman–Crippen MR) is 93.6 cm³/mol. The first-order valence-corrected chi connectivity index (χ1v) is 9.96. The summed E-state index contributed by atoms with van der Waals surface area (Å²) in [5.74, 6) is -0.108. The summed E-state index contributed by atoms with van der Waals surface area (Å²) in [6.45, 7) is 3.96. The highest BCUT2D eigenvalue weighted by Gasteiger charge is 2.34. The Balaban J connectivity index is 2.00. The van der Waals surface area contributed by atoms with Crippen LogP contribution in [-0.4, -0.2) is 50.8 Å². The van der Waals surface area contributed by atoms with Gasteiger partial charge in [0.15, 0.2) is 0 Å². The quantitative estimate of drug-likeness (QED) is 0.656. The van der Waals surface area contributed by atoms with Crippen LogP contribution < -0.4 is 10.0 Å². The van der Waals surface area contributed by atoms with Gasteiger partial charge in [-0.3, -0.25) is 4.79 Å². The van der Waals surface area contributed by atoms with E-state index in [4.69, 9.17) is 4.74 Å². The van der Waals surface area contributed by atoms with E-state index in [9.17, 15) is 18.3 Å². The number of carbonyl (C=O) groups excluding carboxylic acids is 1. The lowest BCUT2D eigenvalue weighted by Gasteiger charge is -2.35. The number of hydrogen-bond acceptors (Lipinski definition) is 5. The number of benzene rings is 1. The lowest BCUT2D eigenvalue weighted by Crippen LogP contribution is -2.51. The highest BCUT2D eigenvalue weighted by Crippen LogP contribution is 2.23. The molecular weight excluding hydrogens is 344 g/mol. The second-order valence-electron chi connectivity index (χ2n) is 6.25. The van der Waals surface area contributed by atoms with Crippen molar-refractivity contribution in [3.63, 3.8) is 0 Å². The molecule has 1 aliphatic heterocycles. The third kappa shape index (κ3) is 5.50. The number of carbonyl (C=O) groups is 1. The van der Waals surface area contributed by atoms with Crippen molar-refractivity contribution in [2.75, 3.05) is 13.2 Å². The largest absolute Gasteiger partial charge is 0.394 e. The molecule has 0 spiro atoms. The van der Waals surface area contributed by atoms with E-state index in [-0.39, 0.29) is 29.9 Å². The normalized spacial score (nSPS) is 24.0. The van der Waals surface area contributed by atoms with Gasteiger partial charge in [0, 0.05) is 6.54 Å².